The number of hydrogen-bond donors (Lipinski definition) is 2. The lowest BCUT2D eigenvalue weighted by Gasteiger charge is -2.21. The number of methoxy groups -OCH3 is 1. The number of guanidine groups is 1. The van der Waals surface area contributed by atoms with Crippen LogP contribution in [-0.4, -0.2) is 42.9 Å². The molecule has 24 heavy (non-hydrogen) atoms. The molecule has 2 rings (SSSR count). The van der Waals surface area contributed by atoms with Crippen molar-refractivity contribution >= 4 is 16.9 Å². The van der Waals surface area contributed by atoms with Gasteiger partial charge in [0.15, 0.2) is 5.96 Å². The lowest BCUT2D eigenvalue weighted by molar-refractivity contribution is 0.0310. The highest BCUT2D eigenvalue weighted by Crippen LogP contribution is 2.15. The van der Waals surface area contributed by atoms with Crippen molar-refractivity contribution in [3.63, 3.8) is 0 Å². The average molecular weight is 330 g/mol. The molecule has 0 aliphatic rings. The minimum Gasteiger partial charge on any atom is -0.377 e. The van der Waals surface area contributed by atoms with E-state index in [9.17, 15) is 0 Å². The number of aliphatic imine (C=N–C) groups is 1. The number of aromatic nitrogens is 1. The van der Waals surface area contributed by atoms with E-state index in [2.05, 4.69) is 63.6 Å². The summed E-state index contributed by atoms with van der Waals surface area (Å²) in [4.78, 5) is 4.60. The third-order valence-electron chi connectivity index (χ3n) is 4.06. The number of nitrogens with zero attached hydrogens (tertiary/aromatic N) is 2. The summed E-state index contributed by atoms with van der Waals surface area (Å²) in [6.07, 6.45) is 3.20. The van der Waals surface area contributed by atoms with Gasteiger partial charge in [-0.2, -0.15) is 0 Å². The Kier molecular flexibility index (Phi) is 6.67. The van der Waals surface area contributed by atoms with Crippen LogP contribution in [0, 0.1) is 0 Å². The number of para-hydroxylation sites is 1. The highest BCUT2D eigenvalue weighted by atomic mass is 16.5. The molecule has 132 valence electrons. The Morgan fingerprint density at radius 1 is 1.21 bits per heavy atom. The second kappa shape index (κ2) is 8.73. The van der Waals surface area contributed by atoms with Crippen LogP contribution in [0.4, 0.5) is 0 Å². The molecule has 0 spiro atoms. The van der Waals surface area contributed by atoms with Crippen molar-refractivity contribution in [3.8, 4) is 0 Å². The second-order valence-electron chi connectivity index (χ2n) is 6.51. The van der Waals surface area contributed by atoms with Gasteiger partial charge in [0.25, 0.3) is 0 Å². The van der Waals surface area contributed by atoms with Gasteiger partial charge < -0.3 is 19.9 Å². The molecule has 0 atom stereocenters. The topological polar surface area (TPSA) is 50.6 Å². The third-order valence-corrected chi connectivity index (χ3v) is 4.06. The summed E-state index contributed by atoms with van der Waals surface area (Å²) in [5.74, 6) is 0.847. The van der Waals surface area contributed by atoms with Gasteiger partial charge in [-0.15, -0.1) is 0 Å². The quantitative estimate of drug-likeness (QED) is 0.444. The molecule has 1 aromatic carbocycles. The fourth-order valence-corrected chi connectivity index (χ4v) is 2.47. The summed E-state index contributed by atoms with van der Waals surface area (Å²) in [6, 6.07) is 10.7. The van der Waals surface area contributed by atoms with Crippen LogP contribution in [-0.2, 0) is 11.3 Å². The fraction of sp³-hybridized carbons (Fsp3) is 0.526. The van der Waals surface area contributed by atoms with Gasteiger partial charge in [-0.05, 0) is 44.7 Å². The molecule has 0 unspecified atom stereocenters. The van der Waals surface area contributed by atoms with Gasteiger partial charge in [-0.25, -0.2) is 0 Å². The van der Waals surface area contributed by atoms with Crippen molar-refractivity contribution in [1.29, 1.82) is 0 Å². The van der Waals surface area contributed by atoms with E-state index in [1.54, 1.807) is 7.11 Å². The SMILES string of the molecule is CCNC(=NCC(C)(C)OC)NCCCn1ccc2ccccc21. The lowest BCUT2D eigenvalue weighted by atomic mass is 10.1. The third kappa shape index (κ3) is 5.27. The summed E-state index contributed by atoms with van der Waals surface area (Å²) in [7, 11) is 1.72. The molecule has 5 nitrogen and oxygen atoms in total. The van der Waals surface area contributed by atoms with Crippen molar-refractivity contribution < 1.29 is 4.74 Å². The molecule has 0 saturated heterocycles. The van der Waals surface area contributed by atoms with Crippen molar-refractivity contribution in [2.75, 3.05) is 26.7 Å². The number of nitrogens with one attached hydrogen (secondary N) is 2. The standard InChI is InChI=1S/C19H30N4O/c1-5-20-18(22-15-19(2,3)24-4)21-12-8-13-23-14-11-16-9-6-7-10-17(16)23/h6-7,9-11,14H,5,8,12-13,15H2,1-4H3,(H2,20,21,22). The van der Waals surface area contributed by atoms with E-state index >= 15 is 0 Å². The van der Waals surface area contributed by atoms with E-state index in [1.807, 2.05) is 13.8 Å². The maximum absolute atomic E-state index is 5.42. The molecule has 1 heterocycles. The molecule has 5 heteroatoms. The minimum absolute atomic E-state index is 0.244. The van der Waals surface area contributed by atoms with Crippen LogP contribution in [0.2, 0.25) is 0 Å². The maximum Gasteiger partial charge on any atom is 0.191 e. The van der Waals surface area contributed by atoms with Gasteiger partial charge >= 0.3 is 0 Å². The zero-order chi connectivity index (χ0) is 17.4. The molecule has 0 aliphatic heterocycles. The Hall–Kier alpha value is -2.01. The molecule has 1 aromatic heterocycles. The second-order valence-corrected chi connectivity index (χ2v) is 6.51. The molecule has 0 bridgehead atoms. The van der Waals surface area contributed by atoms with E-state index < -0.39 is 0 Å². The van der Waals surface area contributed by atoms with E-state index in [4.69, 9.17) is 4.74 Å². The largest absolute Gasteiger partial charge is 0.377 e. The number of rotatable bonds is 8. The van der Waals surface area contributed by atoms with Crippen LogP contribution in [0.1, 0.15) is 27.2 Å². The predicted octanol–water partition coefficient (Wildman–Crippen LogP) is 3.01. The smallest absolute Gasteiger partial charge is 0.191 e. The van der Waals surface area contributed by atoms with Gasteiger partial charge in [0.1, 0.15) is 0 Å². The van der Waals surface area contributed by atoms with Crippen LogP contribution in [0.5, 0.6) is 0 Å². The molecule has 0 radical (unpaired) electrons. The van der Waals surface area contributed by atoms with E-state index in [0.717, 1.165) is 32.0 Å². The predicted molar refractivity (Wildman–Crippen MR) is 102 cm³/mol. The molecular weight excluding hydrogens is 300 g/mol. The first-order valence-corrected chi connectivity index (χ1v) is 8.67. The minimum atomic E-state index is -0.244. The highest BCUT2D eigenvalue weighted by Gasteiger charge is 2.15. The van der Waals surface area contributed by atoms with Crippen molar-refractivity contribution in [1.82, 2.24) is 15.2 Å². The van der Waals surface area contributed by atoms with Crippen LogP contribution in [0.3, 0.4) is 0 Å². The van der Waals surface area contributed by atoms with Gasteiger partial charge in [-0.1, -0.05) is 18.2 Å². The van der Waals surface area contributed by atoms with Gasteiger partial charge in [0.2, 0.25) is 0 Å². The van der Waals surface area contributed by atoms with E-state index in [0.29, 0.717) is 6.54 Å². The summed E-state index contributed by atoms with van der Waals surface area (Å²) < 4.78 is 7.72. The lowest BCUT2D eigenvalue weighted by Crippen LogP contribution is -2.39. The van der Waals surface area contributed by atoms with Crippen LogP contribution < -0.4 is 10.6 Å². The molecule has 2 aromatic rings. The number of ether oxygens (including phenoxy) is 1. The average Bonchev–Trinajstić information content (AvgIpc) is 3.00. The first-order chi connectivity index (χ1) is 11.6. The van der Waals surface area contributed by atoms with Gasteiger partial charge in [0.05, 0.1) is 12.1 Å². The molecule has 0 aliphatic carbocycles. The van der Waals surface area contributed by atoms with Crippen LogP contribution in [0.25, 0.3) is 10.9 Å². The Morgan fingerprint density at radius 3 is 2.75 bits per heavy atom. The zero-order valence-corrected chi connectivity index (χ0v) is 15.3. The van der Waals surface area contributed by atoms with Crippen molar-refractivity contribution in [3.05, 3.63) is 36.5 Å². The number of benzene rings is 1. The maximum atomic E-state index is 5.42. The normalized spacial score (nSPS) is 12.6. The summed E-state index contributed by atoms with van der Waals surface area (Å²) >= 11 is 0. The Labute approximate surface area is 145 Å². The van der Waals surface area contributed by atoms with E-state index in [-0.39, 0.29) is 5.60 Å². The van der Waals surface area contributed by atoms with E-state index in [1.165, 1.54) is 10.9 Å². The Balaban J connectivity index is 1.83. The van der Waals surface area contributed by atoms with Crippen molar-refractivity contribution in [2.45, 2.75) is 39.3 Å². The number of hydrogen-bond acceptors (Lipinski definition) is 2. The monoisotopic (exact) mass is 330 g/mol. The Morgan fingerprint density at radius 2 is 2.00 bits per heavy atom. The zero-order valence-electron chi connectivity index (χ0n) is 15.3. The molecular formula is C19H30N4O. The van der Waals surface area contributed by atoms with Gasteiger partial charge in [-0.3, -0.25) is 4.99 Å². The number of fused-ring (bicyclic) bond motifs is 1. The first-order valence-electron chi connectivity index (χ1n) is 8.67. The summed E-state index contributed by atoms with van der Waals surface area (Å²) in [6.45, 7) is 9.50. The first kappa shape index (κ1) is 18.3. The molecule has 0 amide bonds. The Bertz CT molecular complexity index is 660. The molecule has 0 saturated carbocycles. The van der Waals surface area contributed by atoms with Crippen LogP contribution in [0.15, 0.2) is 41.5 Å². The van der Waals surface area contributed by atoms with Gasteiger partial charge in [0, 0.05) is 38.5 Å². The fourth-order valence-electron chi connectivity index (χ4n) is 2.47. The summed E-state index contributed by atoms with van der Waals surface area (Å²) in [5.41, 5.74) is 1.05. The number of aryl methyl sites for hydroxylation is 1. The molecule has 0 fully saturated rings. The van der Waals surface area contributed by atoms with Crippen LogP contribution >= 0.6 is 0 Å². The van der Waals surface area contributed by atoms with Crippen molar-refractivity contribution in [2.24, 2.45) is 4.99 Å². The highest BCUT2D eigenvalue weighted by molar-refractivity contribution is 5.80. The summed E-state index contributed by atoms with van der Waals surface area (Å²) in [5, 5.41) is 7.97. The molecule has 2 N–H and O–H groups in total.